The third-order valence-electron chi connectivity index (χ3n) is 3.11. The van der Waals surface area contributed by atoms with Gasteiger partial charge in [0.05, 0.1) is 6.54 Å². The Balaban J connectivity index is 2.63. The number of benzene rings is 1. The summed E-state index contributed by atoms with van der Waals surface area (Å²) in [4.78, 5) is 11.7. The number of carbonyl (C=O) groups is 1. The van der Waals surface area contributed by atoms with Crippen molar-refractivity contribution in [2.75, 3.05) is 13.1 Å². The second-order valence-corrected chi connectivity index (χ2v) is 4.93. The number of nitrogens with one attached hydrogen (secondary N) is 2. The number of carbonyl (C=O) groups excluding carboxylic acids is 1. The van der Waals surface area contributed by atoms with Gasteiger partial charge in [0.25, 0.3) is 5.91 Å². The predicted molar refractivity (Wildman–Crippen MR) is 85.1 cm³/mol. The highest BCUT2D eigenvalue weighted by molar-refractivity contribution is 5.80. The summed E-state index contributed by atoms with van der Waals surface area (Å²) in [5, 5.41) is 6.03. The Bertz CT molecular complexity index is 494. The fourth-order valence-electron chi connectivity index (χ4n) is 1.88. The smallest absolute Gasteiger partial charge is 0.261 e. The van der Waals surface area contributed by atoms with Crippen molar-refractivity contribution in [1.82, 2.24) is 10.6 Å². The van der Waals surface area contributed by atoms with Crippen LogP contribution in [0.2, 0.25) is 0 Å². The van der Waals surface area contributed by atoms with Gasteiger partial charge in [0.1, 0.15) is 5.75 Å². The van der Waals surface area contributed by atoms with E-state index in [1.807, 2.05) is 24.3 Å². The van der Waals surface area contributed by atoms with Gasteiger partial charge in [-0.25, -0.2) is 0 Å². The normalized spacial score (nSPS) is 13.0. The molecule has 1 rings (SSSR count). The zero-order chi connectivity index (χ0) is 15.7. The Kier molecular flexibility index (Phi) is 7.34. The monoisotopic (exact) mass is 288 g/mol. The Labute approximate surface area is 127 Å². The fourth-order valence-corrected chi connectivity index (χ4v) is 1.88. The number of rotatable bonds is 8. The van der Waals surface area contributed by atoms with E-state index < -0.39 is 6.10 Å². The lowest BCUT2D eigenvalue weighted by Gasteiger charge is -2.17. The molecule has 0 aliphatic heterocycles. The third-order valence-corrected chi connectivity index (χ3v) is 3.11. The number of ether oxygens (including phenoxy) is 1. The van der Waals surface area contributed by atoms with E-state index in [1.165, 1.54) is 0 Å². The van der Waals surface area contributed by atoms with Gasteiger partial charge in [0.2, 0.25) is 0 Å². The van der Waals surface area contributed by atoms with Crippen LogP contribution < -0.4 is 15.4 Å². The van der Waals surface area contributed by atoms with E-state index in [4.69, 9.17) is 11.2 Å². The fraction of sp³-hybridized carbons (Fsp3) is 0.471. The average Bonchev–Trinajstić information content (AvgIpc) is 2.50. The maximum absolute atomic E-state index is 11.7. The lowest BCUT2D eigenvalue weighted by atomic mass is 10.1. The summed E-state index contributed by atoms with van der Waals surface area (Å²) in [5.74, 6) is 2.83. The molecule has 21 heavy (non-hydrogen) atoms. The first kappa shape index (κ1) is 17.1. The molecule has 1 aromatic carbocycles. The molecule has 0 heterocycles. The Morgan fingerprint density at radius 3 is 2.86 bits per heavy atom. The first-order valence-corrected chi connectivity index (χ1v) is 7.29. The molecular formula is C17H24N2O2. The van der Waals surface area contributed by atoms with Gasteiger partial charge in [-0.3, -0.25) is 4.79 Å². The summed E-state index contributed by atoms with van der Waals surface area (Å²) in [6.45, 7) is 7.13. The highest BCUT2D eigenvalue weighted by Gasteiger charge is 2.14. The zero-order valence-corrected chi connectivity index (χ0v) is 13.0. The summed E-state index contributed by atoms with van der Waals surface area (Å²) in [6.07, 6.45) is 5.62. The Hall–Kier alpha value is -1.99. The lowest BCUT2D eigenvalue weighted by molar-refractivity contribution is -0.126. The second kappa shape index (κ2) is 9.04. The van der Waals surface area contributed by atoms with Gasteiger partial charge in [-0.05, 0) is 44.5 Å². The second-order valence-electron chi connectivity index (χ2n) is 4.93. The summed E-state index contributed by atoms with van der Waals surface area (Å²) in [5.41, 5.74) is 1.14. The van der Waals surface area contributed by atoms with Crippen molar-refractivity contribution in [3.63, 3.8) is 0 Å². The van der Waals surface area contributed by atoms with E-state index in [2.05, 4.69) is 30.4 Å². The van der Waals surface area contributed by atoms with Crippen molar-refractivity contribution in [3.05, 3.63) is 29.8 Å². The van der Waals surface area contributed by atoms with Gasteiger partial charge >= 0.3 is 0 Å². The molecule has 2 unspecified atom stereocenters. The molecule has 2 N–H and O–H groups in total. The van der Waals surface area contributed by atoms with Gasteiger partial charge in [0.15, 0.2) is 6.10 Å². The van der Waals surface area contributed by atoms with Crippen LogP contribution in [0.25, 0.3) is 0 Å². The van der Waals surface area contributed by atoms with Crippen molar-refractivity contribution in [2.24, 2.45) is 0 Å². The maximum atomic E-state index is 11.7. The summed E-state index contributed by atoms with van der Waals surface area (Å²) in [7, 11) is 0. The molecule has 0 spiro atoms. The molecule has 1 aromatic rings. The molecule has 114 valence electrons. The van der Waals surface area contributed by atoms with Crippen LogP contribution in [0.5, 0.6) is 5.75 Å². The van der Waals surface area contributed by atoms with Crippen LogP contribution in [0.4, 0.5) is 0 Å². The average molecular weight is 288 g/mol. The van der Waals surface area contributed by atoms with Gasteiger partial charge in [-0.15, -0.1) is 6.42 Å². The SMILES string of the molecule is C#CCNC(=O)C(C)Oc1cccc(C(C)NCCC)c1. The van der Waals surface area contributed by atoms with E-state index in [1.54, 1.807) is 6.92 Å². The van der Waals surface area contributed by atoms with E-state index >= 15 is 0 Å². The standard InChI is InChI=1S/C17H24N2O2/c1-5-10-18-13(3)15-8-7-9-16(12-15)21-14(4)17(20)19-11-6-2/h2,7-9,12-14,18H,5,10-11H2,1,3-4H3,(H,19,20). The Morgan fingerprint density at radius 2 is 2.19 bits per heavy atom. The third kappa shape index (κ3) is 5.88. The molecule has 0 fully saturated rings. The van der Waals surface area contributed by atoms with Crippen molar-refractivity contribution in [2.45, 2.75) is 39.3 Å². The molecule has 0 aliphatic rings. The van der Waals surface area contributed by atoms with Crippen molar-refractivity contribution < 1.29 is 9.53 Å². The van der Waals surface area contributed by atoms with Crippen LogP contribution in [-0.4, -0.2) is 25.1 Å². The highest BCUT2D eigenvalue weighted by Crippen LogP contribution is 2.20. The molecule has 0 aliphatic carbocycles. The van der Waals surface area contributed by atoms with Crippen LogP contribution >= 0.6 is 0 Å². The van der Waals surface area contributed by atoms with Crippen molar-refractivity contribution >= 4 is 5.91 Å². The minimum Gasteiger partial charge on any atom is -0.481 e. The maximum Gasteiger partial charge on any atom is 0.261 e. The molecule has 0 saturated heterocycles. The van der Waals surface area contributed by atoms with E-state index in [0.29, 0.717) is 5.75 Å². The first-order chi connectivity index (χ1) is 10.1. The molecular weight excluding hydrogens is 264 g/mol. The number of hydrogen-bond acceptors (Lipinski definition) is 3. The summed E-state index contributed by atoms with van der Waals surface area (Å²) in [6, 6.07) is 8.03. The van der Waals surface area contributed by atoms with Crippen LogP contribution in [0.1, 0.15) is 38.8 Å². The van der Waals surface area contributed by atoms with Crippen molar-refractivity contribution in [3.8, 4) is 18.1 Å². The molecule has 2 atom stereocenters. The number of amides is 1. The minimum absolute atomic E-state index is 0.212. The molecule has 0 radical (unpaired) electrons. The van der Waals surface area contributed by atoms with Gasteiger partial charge < -0.3 is 15.4 Å². The molecule has 0 bridgehead atoms. The highest BCUT2D eigenvalue weighted by atomic mass is 16.5. The zero-order valence-electron chi connectivity index (χ0n) is 13.0. The molecule has 0 saturated carbocycles. The van der Waals surface area contributed by atoms with Gasteiger partial charge in [-0.2, -0.15) is 0 Å². The lowest BCUT2D eigenvalue weighted by Crippen LogP contribution is -2.36. The van der Waals surface area contributed by atoms with E-state index in [-0.39, 0.29) is 18.5 Å². The molecule has 1 amide bonds. The first-order valence-electron chi connectivity index (χ1n) is 7.29. The van der Waals surface area contributed by atoms with E-state index in [9.17, 15) is 4.79 Å². The Morgan fingerprint density at radius 1 is 1.43 bits per heavy atom. The summed E-state index contributed by atoms with van der Waals surface area (Å²) >= 11 is 0. The molecule has 0 aromatic heterocycles. The van der Waals surface area contributed by atoms with Crippen LogP contribution in [-0.2, 0) is 4.79 Å². The largest absolute Gasteiger partial charge is 0.481 e. The van der Waals surface area contributed by atoms with Gasteiger partial charge in [0, 0.05) is 6.04 Å². The summed E-state index contributed by atoms with van der Waals surface area (Å²) < 4.78 is 5.66. The number of terminal acetylenes is 1. The number of hydrogen-bond donors (Lipinski definition) is 2. The van der Waals surface area contributed by atoms with Crippen LogP contribution in [0.3, 0.4) is 0 Å². The van der Waals surface area contributed by atoms with Crippen LogP contribution in [0, 0.1) is 12.3 Å². The quantitative estimate of drug-likeness (QED) is 0.721. The van der Waals surface area contributed by atoms with E-state index in [0.717, 1.165) is 18.5 Å². The van der Waals surface area contributed by atoms with Gasteiger partial charge in [-0.1, -0.05) is 25.0 Å². The molecule has 4 nitrogen and oxygen atoms in total. The molecule has 4 heteroatoms. The topological polar surface area (TPSA) is 50.4 Å². The minimum atomic E-state index is -0.576. The van der Waals surface area contributed by atoms with Crippen LogP contribution in [0.15, 0.2) is 24.3 Å². The predicted octanol–water partition coefficient (Wildman–Crippen LogP) is 2.26. The van der Waals surface area contributed by atoms with Crippen molar-refractivity contribution in [1.29, 1.82) is 0 Å².